The van der Waals surface area contributed by atoms with Gasteiger partial charge >= 0.3 is 5.97 Å². The Bertz CT molecular complexity index is 1390. The number of rotatable bonds is 7. The molecular weight excluding hydrogens is 576 g/mol. The van der Waals surface area contributed by atoms with E-state index >= 15 is 0 Å². The number of aromatic carboxylic acids is 1. The number of ether oxygens (including phenoxy) is 1. The predicted molar refractivity (Wildman–Crippen MR) is 176 cm³/mol. The Labute approximate surface area is 263 Å². The van der Waals surface area contributed by atoms with Gasteiger partial charge in [0, 0.05) is 17.5 Å². The molecule has 2 N–H and O–H groups in total. The summed E-state index contributed by atoms with van der Waals surface area (Å²) in [7, 11) is -1.44. The first-order chi connectivity index (χ1) is 21.2. The van der Waals surface area contributed by atoms with Gasteiger partial charge in [0.25, 0.3) is 10.0 Å². The SMILES string of the molecule is COc1cc(C(=O)O)c(F)cc1NS(=O)(=O)c1ccc(C#CC2CCCCC(BC3CCCCCCCCCC3)CC2)cc1. The molecule has 0 radical (unpaired) electrons. The molecule has 2 aliphatic rings. The molecule has 0 aliphatic heterocycles. The first kappa shape index (κ1) is 33.9. The summed E-state index contributed by atoms with van der Waals surface area (Å²) in [5.41, 5.74) is -0.0459. The maximum absolute atomic E-state index is 14.2. The number of sulfonamides is 1. The van der Waals surface area contributed by atoms with Crippen molar-refractivity contribution in [2.75, 3.05) is 11.8 Å². The summed E-state index contributed by atoms with van der Waals surface area (Å²) in [6.07, 6.45) is 21.4. The van der Waals surface area contributed by atoms with Gasteiger partial charge in [-0.05, 0) is 43.2 Å². The lowest BCUT2D eigenvalue weighted by Gasteiger charge is -2.26. The Balaban J connectivity index is 1.35. The van der Waals surface area contributed by atoms with Gasteiger partial charge in [0.2, 0.25) is 0 Å². The van der Waals surface area contributed by atoms with Crippen LogP contribution in [0.3, 0.4) is 0 Å². The molecule has 4 rings (SSSR count). The smallest absolute Gasteiger partial charge is 0.338 e. The van der Waals surface area contributed by atoms with Gasteiger partial charge in [0.15, 0.2) is 0 Å². The molecule has 9 heteroatoms. The van der Waals surface area contributed by atoms with Crippen LogP contribution in [0.4, 0.5) is 10.1 Å². The number of hydrogen-bond donors (Lipinski definition) is 2. The van der Waals surface area contributed by atoms with Crippen LogP contribution < -0.4 is 9.46 Å². The van der Waals surface area contributed by atoms with Crippen molar-refractivity contribution >= 4 is 29.0 Å². The minimum absolute atomic E-state index is 0.0159. The van der Waals surface area contributed by atoms with E-state index in [-0.39, 0.29) is 16.3 Å². The first-order valence-electron chi connectivity index (χ1n) is 16.5. The summed E-state index contributed by atoms with van der Waals surface area (Å²) in [6, 6.07) is 8.06. The first-order valence-corrected chi connectivity index (χ1v) is 18.0. The third-order valence-electron chi connectivity index (χ3n) is 9.33. The molecule has 44 heavy (non-hydrogen) atoms. The molecule has 2 aliphatic carbocycles. The molecule has 0 heterocycles. The van der Waals surface area contributed by atoms with Crippen molar-refractivity contribution in [1.29, 1.82) is 0 Å². The zero-order valence-corrected chi connectivity index (χ0v) is 26.9. The number of methoxy groups -OCH3 is 1. The average molecular weight is 624 g/mol. The standard InChI is InChI=1S/C35H47BFNO5S/c1-43-34-24-31(35(39)40)32(37)25-33(34)38-44(41,42)30-22-19-27(20-23-30)17-16-26-12-10-11-15-29(21-18-26)36-28-13-8-6-4-2-3-5-7-9-14-28/h19-20,22-26,28-29,36,38H,2-15,18,21H2,1H3,(H,39,40). The minimum atomic E-state index is -4.08. The number of halogens is 1. The Morgan fingerprint density at radius 2 is 1.43 bits per heavy atom. The molecule has 2 aromatic carbocycles. The van der Waals surface area contributed by atoms with Crippen LogP contribution in [0, 0.1) is 23.6 Å². The van der Waals surface area contributed by atoms with Crippen LogP contribution in [0.2, 0.25) is 11.6 Å². The van der Waals surface area contributed by atoms with Crippen LogP contribution in [-0.2, 0) is 10.0 Å². The topological polar surface area (TPSA) is 92.7 Å². The Morgan fingerprint density at radius 3 is 2.05 bits per heavy atom. The molecule has 6 nitrogen and oxygen atoms in total. The summed E-state index contributed by atoms with van der Waals surface area (Å²) >= 11 is 0. The summed E-state index contributed by atoms with van der Waals surface area (Å²) in [4.78, 5) is 11.2. The quantitative estimate of drug-likeness (QED) is 0.238. The van der Waals surface area contributed by atoms with Gasteiger partial charge in [0.1, 0.15) is 18.8 Å². The maximum atomic E-state index is 14.2. The highest BCUT2D eigenvalue weighted by Crippen LogP contribution is 2.35. The third kappa shape index (κ3) is 10.3. The molecule has 0 bridgehead atoms. The molecule has 2 saturated carbocycles. The van der Waals surface area contributed by atoms with E-state index in [1.807, 2.05) is 0 Å². The lowest BCUT2D eigenvalue weighted by atomic mass is 9.49. The fourth-order valence-corrected chi connectivity index (χ4v) is 7.84. The average Bonchev–Trinajstić information content (AvgIpc) is 3.04. The van der Waals surface area contributed by atoms with Crippen LogP contribution in [0.5, 0.6) is 5.75 Å². The van der Waals surface area contributed by atoms with Crippen molar-refractivity contribution in [3.8, 4) is 17.6 Å². The Morgan fingerprint density at radius 1 is 0.864 bits per heavy atom. The van der Waals surface area contributed by atoms with E-state index in [0.717, 1.165) is 42.2 Å². The van der Waals surface area contributed by atoms with Gasteiger partial charge in [-0.25, -0.2) is 17.6 Å². The van der Waals surface area contributed by atoms with E-state index in [1.165, 1.54) is 116 Å². The maximum Gasteiger partial charge on any atom is 0.338 e. The molecule has 238 valence electrons. The zero-order chi connectivity index (χ0) is 31.4. The fourth-order valence-electron chi connectivity index (χ4n) is 6.78. The number of carboxylic acids is 1. The van der Waals surface area contributed by atoms with Crippen molar-refractivity contribution in [3.05, 3.63) is 53.3 Å². The number of anilines is 1. The normalized spacial score (nSPS) is 21.0. The van der Waals surface area contributed by atoms with Gasteiger partial charge in [-0.2, -0.15) is 0 Å². The molecule has 2 unspecified atom stereocenters. The molecular formula is C35H47BFNO5S. The summed E-state index contributed by atoms with van der Waals surface area (Å²) in [6.45, 7) is 0. The van der Waals surface area contributed by atoms with Crippen molar-refractivity contribution in [3.63, 3.8) is 0 Å². The van der Waals surface area contributed by atoms with Crippen molar-refractivity contribution in [1.82, 2.24) is 0 Å². The molecule has 0 saturated heterocycles. The molecule has 0 amide bonds. The fraction of sp³-hybridized carbons (Fsp3) is 0.571. The summed E-state index contributed by atoms with van der Waals surface area (Å²) in [5.74, 6) is 6.16. The van der Waals surface area contributed by atoms with Crippen LogP contribution in [-0.4, -0.2) is 33.9 Å². The third-order valence-corrected chi connectivity index (χ3v) is 10.7. The lowest BCUT2D eigenvalue weighted by molar-refractivity contribution is 0.0691. The van der Waals surface area contributed by atoms with Crippen molar-refractivity contribution in [2.45, 2.75) is 119 Å². The van der Waals surface area contributed by atoms with E-state index in [4.69, 9.17) is 9.84 Å². The van der Waals surface area contributed by atoms with E-state index in [2.05, 4.69) is 16.6 Å². The van der Waals surface area contributed by atoms with E-state index < -0.39 is 27.4 Å². The number of carbonyl (C=O) groups is 1. The van der Waals surface area contributed by atoms with Crippen LogP contribution in [0.25, 0.3) is 0 Å². The Hall–Kier alpha value is -2.99. The number of nitrogens with one attached hydrogen (secondary N) is 1. The highest BCUT2D eigenvalue weighted by atomic mass is 32.2. The van der Waals surface area contributed by atoms with Gasteiger partial charge in [-0.1, -0.05) is 113 Å². The van der Waals surface area contributed by atoms with E-state index in [9.17, 15) is 17.6 Å². The van der Waals surface area contributed by atoms with Gasteiger partial charge < -0.3 is 9.84 Å². The highest BCUT2D eigenvalue weighted by molar-refractivity contribution is 7.92. The summed E-state index contributed by atoms with van der Waals surface area (Å²) in [5, 5.41) is 9.13. The summed E-state index contributed by atoms with van der Waals surface area (Å²) < 4.78 is 47.6. The van der Waals surface area contributed by atoms with E-state index in [0.29, 0.717) is 5.92 Å². The van der Waals surface area contributed by atoms with E-state index in [1.54, 1.807) is 12.1 Å². The van der Waals surface area contributed by atoms with Crippen LogP contribution >= 0.6 is 0 Å². The second-order valence-electron chi connectivity index (χ2n) is 12.7. The van der Waals surface area contributed by atoms with Crippen molar-refractivity contribution < 1.29 is 27.4 Å². The van der Waals surface area contributed by atoms with Crippen molar-refractivity contribution in [2.24, 2.45) is 5.92 Å². The van der Waals surface area contributed by atoms with Crippen LogP contribution in [0.15, 0.2) is 41.3 Å². The minimum Gasteiger partial charge on any atom is -0.495 e. The second-order valence-corrected chi connectivity index (χ2v) is 14.4. The monoisotopic (exact) mass is 623 g/mol. The largest absolute Gasteiger partial charge is 0.495 e. The molecule has 0 spiro atoms. The van der Waals surface area contributed by atoms with Gasteiger partial charge in [0.05, 0.1) is 23.3 Å². The second kappa shape index (κ2) is 16.9. The number of carboxylic acid groups (broad SMARTS) is 1. The predicted octanol–water partition coefficient (Wildman–Crippen LogP) is 8.58. The van der Waals surface area contributed by atoms with Gasteiger partial charge in [-0.15, -0.1) is 0 Å². The molecule has 2 fully saturated rings. The lowest BCUT2D eigenvalue weighted by Crippen LogP contribution is -2.15. The number of benzene rings is 2. The number of hydrogen-bond acceptors (Lipinski definition) is 4. The highest BCUT2D eigenvalue weighted by Gasteiger charge is 2.23. The van der Waals surface area contributed by atoms with Gasteiger partial charge in [-0.3, -0.25) is 4.72 Å². The molecule has 2 aromatic rings. The molecule has 2 atom stereocenters. The Kier molecular flexibility index (Phi) is 13.0. The van der Waals surface area contributed by atoms with Crippen LogP contribution in [0.1, 0.15) is 119 Å². The zero-order valence-electron chi connectivity index (χ0n) is 26.1. The molecule has 0 aromatic heterocycles.